The van der Waals surface area contributed by atoms with Crippen LogP contribution in [0.25, 0.3) is 22.2 Å². The average molecular weight is 387 g/mol. The van der Waals surface area contributed by atoms with E-state index in [2.05, 4.69) is 16.7 Å². The molecule has 1 saturated carbocycles. The van der Waals surface area contributed by atoms with E-state index < -0.39 is 0 Å². The largest absolute Gasteiger partial charge is 0.491 e. The van der Waals surface area contributed by atoms with Crippen molar-refractivity contribution in [2.45, 2.75) is 44.2 Å². The Hall–Kier alpha value is -2.97. The van der Waals surface area contributed by atoms with E-state index in [4.69, 9.17) is 15.2 Å². The number of benzene rings is 2. The minimum absolute atomic E-state index is 0.184. The summed E-state index contributed by atoms with van der Waals surface area (Å²) in [6.45, 7) is 1.40. The van der Waals surface area contributed by atoms with E-state index in [1.807, 2.05) is 36.4 Å². The highest BCUT2D eigenvalue weighted by Gasteiger charge is 2.28. The van der Waals surface area contributed by atoms with Crippen LogP contribution >= 0.6 is 0 Å². The lowest BCUT2D eigenvalue weighted by molar-refractivity contribution is 0.0680. The average Bonchev–Trinajstić information content (AvgIpc) is 3.32. The van der Waals surface area contributed by atoms with Gasteiger partial charge in [-0.1, -0.05) is 12.1 Å². The summed E-state index contributed by atoms with van der Waals surface area (Å²) < 4.78 is 14.1. The highest BCUT2D eigenvalue weighted by Crippen LogP contribution is 2.43. The molecule has 2 aliphatic rings. The topological polar surface area (TPSA) is 73.2 Å². The van der Waals surface area contributed by atoms with Crippen LogP contribution in [0.1, 0.15) is 43.7 Å². The second-order valence-electron chi connectivity index (χ2n) is 8.04. The van der Waals surface area contributed by atoms with Gasteiger partial charge >= 0.3 is 0 Å². The number of hydrogen-bond donors (Lipinski definition) is 1. The van der Waals surface area contributed by atoms with Gasteiger partial charge in [-0.25, -0.2) is 0 Å². The first kappa shape index (κ1) is 18.1. The Labute approximate surface area is 170 Å². The summed E-state index contributed by atoms with van der Waals surface area (Å²) in [4.78, 5) is 0. The van der Waals surface area contributed by atoms with Gasteiger partial charge in [-0.3, -0.25) is 0 Å². The van der Waals surface area contributed by atoms with Crippen LogP contribution in [-0.4, -0.2) is 23.9 Å². The van der Waals surface area contributed by atoms with Gasteiger partial charge in [-0.15, -0.1) is 0 Å². The molecule has 1 atom stereocenters. The number of nitrogen functional groups attached to an aromatic ring is 1. The molecule has 0 bridgehead atoms. The number of nitrogens with zero attached hydrogens (tertiary/aromatic N) is 2. The van der Waals surface area contributed by atoms with Crippen molar-refractivity contribution in [3.63, 3.8) is 0 Å². The maximum absolute atomic E-state index is 10.00. The summed E-state index contributed by atoms with van der Waals surface area (Å²) in [5.74, 6) is 0.833. The van der Waals surface area contributed by atoms with Gasteiger partial charge in [0.2, 0.25) is 0 Å². The molecule has 5 heteroatoms. The molecule has 2 aromatic carbocycles. The van der Waals surface area contributed by atoms with Crippen molar-refractivity contribution in [2.24, 2.45) is 0 Å². The molecule has 3 aromatic rings. The minimum atomic E-state index is 0.184. The van der Waals surface area contributed by atoms with Crippen molar-refractivity contribution < 1.29 is 9.47 Å². The number of nitrogens with two attached hydrogens (primary N) is 1. The molecule has 148 valence electrons. The summed E-state index contributed by atoms with van der Waals surface area (Å²) >= 11 is 0. The van der Waals surface area contributed by atoms with Crippen LogP contribution in [0.15, 0.2) is 42.5 Å². The van der Waals surface area contributed by atoms with E-state index in [-0.39, 0.29) is 6.10 Å². The molecule has 0 radical (unpaired) electrons. The quantitative estimate of drug-likeness (QED) is 0.622. The van der Waals surface area contributed by atoms with Crippen LogP contribution in [0, 0.1) is 11.3 Å². The van der Waals surface area contributed by atoms with Gasteiger partial charge in [-0.05, 0) is 61.9 Å². The normalized spacial score (nSPS) is 19.2. The van der Waals surface area contributed by atoms with Gasteiger partial charge in [0, 0.05) is 29.8 Å². The summed E-state index contributed by atoms with van der Waals surface area (Å²) in [5, 5.41) is 11.0. The fraction of sp³-hybridized carbons (Fsp3) is 0.375. The molecule has 29 heavy (non-hydrogen) atoms. The van der Waals surface area contributed by atoms with Crippen molar-refractivity contribution in [1.29, 1.82) is 5.26 Å². The van der Waals surface area contributed by atoms with E-state index in [1.165, 1.54) is 6.42 Å². The lowest BCUT2D eigenvalue weighted by atomic mass is 9.92. The SMILES string of the molecule is N#Cc1c(-c2ccc(N)cc2)n(C2CCC2)c2cc(OCC3CCCO3)ccc12. The molecule has 1 aliphatic carbocycles. The Morgan fingerprint density at radius 2 is 1.93 bits per heavy atom. The maximum Gasteiger partial charge on any atom is 0.121 e. The van der Waals surface area contributed by atoms with Crippen molar-refractivity contribution in [3.05, 3.63) is 48.0 Å². The first-order chi connectivity index (χ1) is 14.2. The van der Waals surface area contributed by atoms with E-state index >= 15 is 0 Å². The Morgan fingerprint density at radius 3 is 2.59 bits per heavy atom. The molecule has 2 heterocycles. The van der Waals surface area contributed by atoms with Gasteiger partial charge in [0.1, 0.15) is 18.4 Å². The number of nitriles is 1. The van der Waals surface area contributed by atoms with E-state index in [1.54, 1.807) is 0 Å². The predicted molar refractivity (Wildman–Crippen MR) is 114 cm³/mol. The lowest BCUT2D eigenvalue weighted by Crippen LogP contribution is -2.18. The molecule has 1 unspecified atom stereocenters. The van der Waals surface area contributed by atoms with Gasteiger partial charge in [-0.2, -0.15) is 5.26 Å². The number of ether oxygens (including phenoxy) is 2. The zero-order chi connectivity index (χ0) is 19.8. The third-order valence-electron chi connectivity index (χ3n) is 6.17. The summed E-state index contributed by atoms with van der Waals surface area (Å²) in [5.41, 5.74) is 10.4. The van der Waals surface area contributed by atoms with Gasteiger partial charge < -0.3 is 19.8 Å². The second-order valence-corrected chi connectivity index (χ2v) is 8.04. The zero-order valence-electron chi connectivity index (χ0n) is 16.4. The van der Waals surface area contributed by atoms with E-state index in [0.29, 0.717) is 12.6 Å². The first-order valence-corrected chi connectivity index (χ1v) is 10.4. The molecule has 1 aromatic heterocycles. The lowest BCUT2D eigenvalue weighted by Gasteiger charge is -2.30. The van der Waals surface area contributed by atoms with Crippen molar-refractivity contribution in [1.82, 2.24) is 4.57 Å². The van der Waals surface area contributed by atoms with Crippen molar-refractivity contribution in [3.8, 4) is 23.1 Å². The third kappa shape index (κ3) is 3.24. The highest BCUT2D eigenvalue weighted by molar-refractivity contribution is 5.95. The maximum atomic E-state index is 10.00. The molecule has 1 saturated heterocycles. The fourth-order valence-corrected chi connectivity index (χ4v) is 4.41. The monoisotopic (exact) mass is 387 g/mol. The molecule has 0 spiro atoms. The standard InChI is InChI=1S/C24H25N3O2/c25-14-22-21-11-10-19(29-15-20-5-2-12-28-20)13-23(21)27(18-3-1-4-18)24(22)16-6-8-17(26)9-7-16/h6-11,13,18,20H,1-5,12,15,26H2. The molecule has 2 N–H and O–H groups in total. The number of rotatable bonds is 5. The Bertz CT molecular complexity index is 1070. The molecular formula is C24H25N3O2. The Morgan fingerprint density at radius 1 is 1.10 bits per heavy atom. The first-order valence-electron chi connectivity index (χ1n) is 10.4. The molecule has 5 rings (SSSR count). The number of aromatic nitrogens is 1. The van der Waals surface area contributed by atoms with Gasteiger partial charge in [0.15, 0.2) is 0 Å². The molecule has 5 nitrogen and oxygen atoms in total. The van der Waals surface area contributed by atoms with E-state index in [0.717, 1.165) is 71.5 Å². The summed E-state index contributed by atoms with van der Waals surface area (Å²) in [6.07, 6.45) is 5.84. The summed E-state index contributed by atoms with van der Waals surface area (Å²) in [7, 11) is 0. The molecule has 0 amide bonds. The van der Waals surface area contributed by atoms with Gasteiger partial charge in [0.05, 0.1) is 22.9 Å². The third-order valence-corrected chi connectivity index (χ3v) is 6.17. The van der Waals surface area contributed by atoms with E-state index in [9.17, 15) is 5.26 Å². The Balaban J connectivity index is 1.61. The molecule has 1 aliphatic heterocycles. The predicted octanol–water partition coefficient (Wildman–Crippen LogP) is 5.04. The van der Waals surface area contributed by atoms with Crippen molar-refractivity contribution in [2.75, 3.05) is 18.9 Å². The van der Waals surface area contributed by atoms with Crippen LogP contribution < -0.4 is 10.5 Å². The van der Waals surface area contributed by atoms with Crippen LogP contribution in [0.3, 0.4) is 0 Å². The summed E-state index contributed by atoms with van der Waals surface area (Å²) in [6, 6.07) is 16.8. The van der Waals surface area contributed by atoms with Crippen LogP contribution in [0.5, 0.6) is 5.75 Å². The second kappa shape index (κ2) is 7.46. The molecule has 2 fully saturated rings. The minimum Gasteiger partial charge on any atom is -0.491 e. The number of anilines is 1. The van der Waals surface area contributed by atoms with Crippen molar-refractivity contribution >= 4 is 16.6 Å². The Kier molecular flexibility index (Phi) is 4.65. The van der Waals surface area contributed by atoms with Crippen LogP contribution in [0.2, 0.25) is 0 Å². The number of fused-ring (bicyclic) bond motifs is 1. The van der Waals surface area contributed by atoms with Crippen LogP contribution in [-0.2, 0) is 4.74 Å². The zero-order valence-corrected chi connectivity index (χ0v) is 16.4. The highest BCUT2D eigenvalue weighted by atomic mass is 16.5. The smallest absolute Gasteiger partial charge is 0.121 e. The van der Waals surface area contributed by atoms with Crippen LogP contribution in [0.4, 0.5) is 5.69 Å². The fourth-order valence-electron chi connectivity index (χ4n) is 4.41. The van der Waals surface area contributed by atoms with Gasteiger partial charge in [0.25, 0.3) is 0 Å². The number of hydrogen-bond acceptors (Lipinski definition) is 4. The molecular weight excluding hydrogens is 362 g/mol.